The molecule has 14 heavy (non-hydrogen) atoms. The summed E-state index contributed by atoms with van der Waals surface area (Å²) in [5.74, 6) is -0.964. The number of carbonyl (C=O) groups is 1. The number of carboxylic acid groups (broad SMARTS) is 1. The summed E-state index contributed by atoms with van der Waals surface area (Å²) in [7, 11) is 0. The second-order valence-electron chi connectivity index (χ2n) is 4.02. The first-order valence-corrected chi connectivity index (χ1v) is 4.91. The Morgan fingerprint density at radius 1 is 1.64 bits per heavy atom. The summed E-state index contributed by atoms with van der Waals surface area (Å²) >= 11 is 5.86. The van der Waals surface area contributed by atoms with Crippen molar-refractivity contribution in [2.75, 3.05) is 0 Å². The number of rotatable bonds is 2. The van der Waals surface area contributed by atoms with E-state index in [1.807, 2.05) is 25.1 Å². The molecule has 2 rings (SSSR count). The van der Waals surface area contributed by atoms with Crippen LogP contribution in [-0.4, -0.2) is 11.1 Å². The lowest BCUT2D eigenvalue weighted by Gasteiger charge is -2.10. The molecule has 1 aromatic rings. The van der Waals surface area contributed by atoms with Crippen LogP contribution in [0.3, 0.4) is 0 Å². The quantitative estimate of drug-likeness (QED) is 0.815. The lowest BCUT2D eigenvalue weighted by Crippen LogP contribution is -2.10. The number of hydrogen-bond acceptors (Lipinski definition) is 1. The molecule has 1 saturated carbocycles. The number of halogens is 1. The first-order valence-electron chi connectivity index (χ1n) is 4.53. The number of benzene rings is 1. The third-order valence-corrected chi connectivity index (χ3v) is 3.25. The number of carboxylic acids is 1. The molecule has 0 radical (unpaired) electrons. The second-order valence-corrected chi connectivity index (χ2v) is 4.46. The lowest BCUT2D eigenvalue weighted by molar-refractivity contribution is -0.138. The van der Waals surface area contributed by atoms with Crippen molar-refractivity contribution >= 4 is 17.6 Å². The Morgan fingerprint density at radius 2 is 2.36 bits per heavy atom. The maximum Gasteiger partial charge on any atom is 0.307 e. The standard InChI is InChI=1S/C11H11ClO2/c1-11(6-9(11)10(13)14)7-3-2-4-8(12)5-7/h2-5,9H,6H2,1H3,(H,13,14)/t9-,11?/m0/s1. The van der Waals surface area contributed by atoms with Crippen molar-refractivity contribution in [3.8, 4) is 0 Å². The molecular formula is C11H11ClO2. The average Bonchev–Trinajstić information content (AvgIpc) is 2.80. The fourth-order valence-electron chi connectivity index (χ4n) is 1.89. The van der Waals surface area contributed by atoms with E-state index in [0.717, 1.165) is 5.56 Å². The highest BCUT2D eigenvalue weighted by Crippen LogP contribution is 2.54. The minimum atomic E-state index is -0.715. The molecule has 1 fully saturated rings. The van der Waals surface area contributed by atoms with Gasteiger partial charge in [0.2, 0.25) is 0 Å². The number of hydrogen-bond donors (Lipinski definition) is 1. The van der Waals surface area contributed by atoms with Gasteiger partial charge in [-0.2, -0.15) is 0 Å². The third kappa shape index (κ3) is 1.40. The first kappa shape index (κ1) is 9.53. The summed E-state index contributed by atoms with van der Waals surface area (Å²) in [5, 5.41) is 9.55. The summed E-state index contributed by atoms with van der Waals surface area (Å²) < 4.78 is 0. The first-order chi connectivity index (χ1) is 6.54. The van der Waals surface area contributed by atoms with Crippen molar-refractivity contribution < 1.29 is 9.90 Å². The molecule has 1 aromatic carbocycles. The molecule has 2 atom stereocenters. The monoisotopic (exact) mass is 210 g/mol. The smallest absolute Gasteiger partial charge is 0.307 e. The van der Waals surface area contributed by atoms with E-state index in [1.165, 1.54) is 0 Å². The Bertz CT molecular complexity index is 389. The van der Waals surface area contributed by atoms with Crippen LogP contribution in [0.2, 0.25) is 5.02 Å². The molecule has 0 saturated heterocycles. The van der Waals surface area contributed by atoms with Gasteiger partial charge in [-0.15, -0.1) is 0 Å². The van der Waals surface area contributed by atoms with Gasteiger partial charge in [-0.25, -0.2) is 0 Å². The fourth-order valence-corrected chi connectivity index (χ4v) is 2.08. The molecule has 1 aliphatic carbocycles. The minimum absolute atomic E-state index is 0.212. The van der Waals surface area contributed by atoms with E-state index in [-0.39, 0.29) is 11.3 Å². The SMILES string of the molecule is CC1(c2cccc(Cl)c2)C[C@H]1C(=O)O. The van der Waals surface area contributed by atoms with Crippen molar-refractivity contribution in [2.45, 2.75) is 18.8 Å². The van der Waals surface area contributed by atoms with E-state index >= 15 is 0 Å². The van der Waals surface area contributed by atoms with Gasteiger partial charge in [0.25, 0.3) is 0 Å². The van der Waals surface area contributed by atoms with Crippen molar-refractivity contribution in [3.05, 3.63) is 34.9 Å². The van der Waals surface area contributed by atoms with Crippen LogP contribution in [0, 0.1) is 5.92 Å². The van der Waals surface area contributed by atoms with Gasteiger partial charge in [-0.1, -0.05) is 30.7 Å². The maximum absolute atomic E-state index is 10.8. The molecule has 0 spiro atoms. The van der Waals surface area contributed by atoms with Gasteiger partial charge >= 0.3 is 5.97 Å². The summed E-state index contributed by atoms with van der Waals surface area (Å²) in [4.78, 5) is 10.8. The molecule has 1 unspecified atom stereocenters. The largest absolute Gasteiger partial charge is 0.481 e. The van der Waals surface area contributed by atoms with E-state index in [2.05, 4.69) is 0 Å². The van der Waals surface area contributed by atoms with Crippen LogP contribution >= 0.6 is 11.6 Å². The van der Waals surface area contributed by atoms with Crippen molar-refractivity contribution in [1.82, 2.24) is 0 Å². The van der Waals surface area contributed by atoms with Crippen LogP contribution in [0.5, 0.6) is 0 Å². The number of aliphatic carboxylic acids is 1. The van der Waals surface area contributed by atoms with Crippen LogP contribution in [0.15, 0.2) is 24.3 Å². The van der Waals surface area contributed by atoms with Crippen LogP contribution in [0.25, 0.3) is 0 Å². The van der Waals surface area contributed by atoms with Gasteiger partial charge in [0.15, 0.2) is 0 Å². The zero-order chi connectivity index (χ0) is 10.3. The summed E-state index contributed by atoms with van der Waals surface area (Å²) in [6, 6.07) is 7.45. The predicted molar refractivity (Wildman–Crippen MR) is 54.5 cm³/mol. The molecule has 0 bridgehead atoms. The Kier molecular flexibility index (Phi) is 2.04. The van der Waals surface area contributed by atoms with Gasteiger partial charge in [-0.3, -0.25) is 4.79 Å². The Morgan fingerprint density at radius 3 is 2.86 bits per heavy atom. The van der Waals surface area contributed by atoms with Crippen LogP contribution < -0.4 is 0 Å². The van der Waals surface area contributed by atoms with E-state index in [0.29, 0.717) is 11.4 Å². The molecule has 3 heteroatoms. The van der Waals surface area contributed by atoms with Crippen molar-refractivity contribution in [1.29, 1.82) is 0 Å². The third-order valence-electron chi connectivity index (χ3n) is 3.02. The zero-order valence-electron chi connectivity index (χ0n) is 7.83. The van der Waals surface area contributed by atoms with Gasteiger partial charge in [0.1, 0.15) is 0 Å². The van der Waals surface area contributed by atoms with Crippen molar-refractivity contribution in [2.24, 2.45) is 5.92 Å². The minimum Gasteiger partial charge on any atom is -0.481 e. The van der Waals surface area contributed by atoms with E-state index in [9.17, 15) is 4.79 Å². The van der Waals surface area contributed by atoms with E-state index in [4.69, 9.17) is 16.7 Å². The molecule has 1 aliphatic rings. The Hall–Kier alpha value is -1.02. The molecule has 0 aliphatic heterocycles. The van der Waals surface area contributed by atoms with Crippen LogP contribution in [0.4, 0.5) is 0 Å². The van der Waals surface area contributed by atoms with Gasteiger partial charge in [0.05, 0.1) is 5.92 Å². The topological polar surface area (TPSA) is 37.3 Å². The highest BCUT2D eigenvalue weighted by Gasteiger charge is 2.55. The molecule has 74 valence electrons. The Labute approximate surface area is 87.5 Å². The second kappa shape index (κ2) is 2.99. The van der Waals surface area contributed by atoms with Crippen LogP contribution in [-0.2, 0) is 10.2 Å². The van der Waals surface area contributed by atoms with Crippen LogP contribution in [0.1, 0.15) is 18.9 Å². The predicted octanol–water partition coefficient (Wildman–Crippen LogP) is 2.70. The van der Waals surface area contributed by atoms with E-state index < -0.39 is 5.97 Å². The maximum atomic E-state index is 10.8. The Balaban J connectivity index is 2.30. The fraction of sp³-hybridized carbons (Fsp3) is 0.364. The molecule has 0 heterocycles. The molecular weight excluding hydrogens is 200 g/mol. The summed E-state index contributed by atoms with van der Waals surface area (Å²) in [6.45, 7) is 1.97. The zero-order valence-corrected chi connectivity index (χ0v) is 8.58. The average molecular weight is 211 g/mol. The highest BCUT2D eigenvalue weighted by molar-refractivity contribution is 6.30. The molecule has 2 nitrogen and oxygen atoms in total. The van der Waals surface area contributed by atoms with E-state index in [1.54, 1.807) is 6.07 Å². The highest BCUT2D eigenvalue weighted by atomic mass is 35.5. The molecule has 1 N–H and O–H groups in total. The molecule has 0 aromatic heterocycles. The summed E-state index contributed by atoms with van der Waals surface area (Å²) in [5.41, 5.74) is 0.814. The van der Waals surface area contributed by atoms with Gasteiger partial charge in [-0.05, 0) is 24.1 Å². The molecule has 0 amide bonds. The normalized spacial score (nSPS) is 30.0. The lowest BCUT2D eigenvalue weighted by atomic mass is 9.96. The van der Waals surface area contributed by atoms with Gasteiger partial charge < -0.3 is 5.11 Å². The van der Waals surface area contributed by atoms with Crippen molar-refractivity contribution in [3.63, 3.8) is 0 Å². The van der Waals surface area contributed by atoms with Gasteiger partial charge in [0, 0.05) is 10.4 Å². The summed E-state index contributed by atoms with van der Waals surface area (Å²) in [6.07, 6.45) is 0.711.